The van der Waals surface area contributed by atoms with Gasteiger partial charge in [0, 0.05) is 39.2 Å². The highest BCUT2D eigenvalue weighted by atomic mass is 127. The molecule has 0 heterocycles. The fraction of sp³-hybridized carbons (Fsp3) is 0.875. The third-order valence-electron chi connectivity index (χ3n) is 3.31. The Morgan fingerprint density at radius 3 is 1.96 bits per heavy atom. The Kier molecular flexibility index (Phi) is 11.9. The summed E-state index contributed by atoms with van der Waals surface area (Å²) in [6.45, 7) is 14.0. The number of ether oxygens (including phenoxy) is 1. The van der Waals surface area contributed by atoms with Crippen LogP contribution in [0, 0.1) is 10.8 Å². The molecular weight excluding hydrogens is 407 g/mol. The summed E-state index contributed by atoms with van der Waals surface area (Å²) in [6, 6.07) is 0. The van der Waals surface area contributed by atoms with E-state index in [1.807, 2.05) is 20.8 Å². The van der Waals surface area contributed by atoms with Crippen LogP contribution >= 0.6 is 24.0 Å². The van der Waals surface area contributed by atoms with E-state index in [1.54, 1.807) is 14.2 Å². The van der Waals surface area contributed by atoms with E-state index in [-0.39, 0.29) is 46.8 Å². The van der Waals surface area contributed by atoms with Crippen molar-refractivity contribution in [2.45, 2.75) is 47.6 Å². The van der Waals surface area contributed by atoms with Gasteiger partial charge in [-0.25, -0.2) is 0 Å². The third kappa shape index (κ3) is 10.8. The van der Waals surface area contributed by atoms with E-state index in [4.69, 9.17) is 4.74 Å². The van der Waals surface area contributed by atoms with Crippen LogP contribution in [0.5, 0.6) is 0 Å². The number of halogens is 1. The second-order valence-electron chi connectivity index (χ2n) is 7.48. The molecule has 0 saturated heterocycles. The summed E-state index contributed by atoms with van der Waals surface area (Å²) in [7, 11) is 3.44. The van der Waals surface area contributed by atoms with Crippen LogP contribution < -0.4 is 16.0 Å². The summed E-state index contributed by atoms with van der Waals surface area (Å²) in [5, 5.41) is 9.32. The molecule has 1 atom stereocenters. The molecule has 0 aliphatic rings. The minimum absolute atomic E-state index is 0. The molecule has 1 unspecified atom stereocenters. The maximum Gasteiger partial charge on any atom is 0.225 e. The van der Waals surface area contributed by atoms with Crippen LogP contribution in [-0.2, 0) is 9.53 Å². The number of carbonyl (C=O) groups excluding carboxylic acids is 1. The molecule has 0 rings (SSSR count). The molecule has 0 aromatic rings. The van der Waals surface area contributed by atoms with Crippen LogP contribution in [-0.4, -0.2) is 51.8 Å². The Morgan fingerprint density at radius 2 is 1.57 bits per heavy atom. The second-order valence-corrected chi connectivity index (χ2v) is 7.48. The summed E-state index contributed by atoms with van der Waals surface area (Å²) in [6.07, 6.45) is 0.0895. The molecule has 0 bridgehead atoms. The van der Waals surface area contributed by atoms with Crippen molar-refractivity contribution >= 4 is 35.8 Å². The van der Waals surface area contributed by atoms with Gasteiger partial charge in [-0.3, -0.25) is 9.79 Å². The van der Waals surface area contributed by atoms with Crippen LogP contribution in [0.25, 0.3) is 0 Å². The smallest absolute Gasteiger partial charge is 0.225 e. The van der Waals surface area contributed by atoms with E-state index in [0.717, 1.165) is 0 Å². The van der Waals surface area contributed by atoms with E-state index in [2.05, 4.69) is 41.7 Å². The lowest BCUT2D eigenvalue weighted by Crippen LogP contribution is -2.47. The molecule has 0 spiro atoms. The van der Waals surface area contributed by atoms with Gasteiger partial charge in [0.2, 0.25) is 5.91 Å². The molecule has 6 nitrogen and oxygen atoms in total. The first kappa shape index (κ1) is 24.7. The molecule has 0 radical (unpaired) electrons. The number of rotatable bonds is 6. The predicted octanol–water partition coefficient (Wildman–Crippen LogP) is 1.99. The first-order valence-corrected chi connectivity index (χ1v) is 7.78. The number of hydrogen-bond donors (Lipinski definition) is 3. The molecule has 0 aromatic heterocycles. The van der Waals surface area contributed by atoms with E-state index in [9.17, 15) is 4.79 Å². The minimum Gasteiger partial charge on any atom is -0.379 e. The lowest BCUT2D eigenvalue weighted by atomic mass is 9.89. The van der Waals surface area contributed by atoms with Gasteiger partial charge in [0.25, 0.3) is 0 Å². The zero-order valence-electron chi connectivity index (χ0n) is 15.9. The molecular formula is C16H35IN4O2. The molecule has 138 valence electrons. The van der Waals surface area contributed by atoms with Crippen molar-refractivity contribution < 1.29 is 9.53 Å². The first-order chi connectivity index (χ1) is 10.0. The fourth-order valence-electron chi connectivity index (χ4n) is 1.78. The average molecular weight is 442 g/mol. The summed E-state index contributed by atoms with van der Waals surface area (Å²) in [4.78, 5) is 15.9. The maximum absolute atomic E-state index is 11.7. The highest BCUT2D eigenvalue weighted by molar-refractivity contribution is 14.0. The highest BCUT2D eigenvalue weighted by Crippen LogP contribution is 2.20. The molecule has 3 N–H and O–H groups in total. The third-order valence-corrected chi connectivity index (χ3v) is 3.31. The Morgan fingerprint density at radius 1 is 1.04 bits per heavy atom. The number of guanidine groups is 1. The summed E-state index contributed by atoms with van der Waals surface area (Å²) in [5.74, 6) is 0.751. The largest absolute Gasteiger partial charge is 0.379 e. The van der Waals surface area contributed by atoms with Crippen LogP contribution in [0.15, 0.2) is 4.99 Å². The lowest BCUT2D eigenvalue weighted by Gasteiger charge is -2.30. The minimum atomic E-state index is -0.363. The van der Waals surface area contributed by atoms with Gasteiger partial charge in [-0.1, -0.05) is 41.5 Å². The van der Waals surface area contributed by atoms with E-state index >= 15 is 0 Å². The summed E-state index contributed by atoms with van der Waals surface area (Å²) in [5.41, 5.74) is -0.306. The van der Waals surface area contributed by atoms with Gasteiger partial charge in [0.05, 0.1) is 6.10 Å². The van der Waals surface area contributed by atoms with Gasteiger partial charge < -0.3 is 20.7 Å². The molecule has 0 aliphatic heterocycles. The number of nitrogens with zero attached hydrogens (tertiary/aromatic N) is 1. The van der Waals surface area contributed by atoms with Gasteiger partial charge in [-0.05, 0) is 5.41 Å². The first-order valence-electron chi connectivity index (χ1n) is 7.78. The van der Waals surface area contributed by atoms with Crippen molar-refractivity contribution in [3.63, 3.8) is 0 Å². The normalized spacial score (nSPS) is 13.8. The Balaban J connectivity index is 0. The number of hydrogen-bond acceptors (Lipinski definition) is 3. The number of nitrogens with one attached hydrogen (secondary N) is 3. The Bertz CT molecular complexity index is 373. The van der Waals surface area contributed by atoms with Crippen molar-refractivity contribution in [2.24, 2.45) is 15.8 Å². The summed E-state index contributed by atoms with van der Waals surface area (Å²) < 4.78 is 5.50. The van der Waals surface area contributed by atoms with Crippen molar-refractivity contribution in [3.8, 4) is 0 Å². The van der Waals surface area contributed by atoms with Gasteiger partial charge in [-0.15, -0.1) is 24.0 Å². The quantitative estimate of drug-likeness (QED) is 0.255. The SMILES string of the molecule is CN=C(NCCNC(=O)C(C)(C)C)NCC(OC)C(C)(C)C.I. The zero-order valence-corrected chi connectivity index (χ0v) is 18.2. The number of carbonyl (C=O) groups is 1. The predicted molar refractivity (Wildman–Crippen MR) is 107 cm³/mol. The van der Waals surface area contributed by atoms with Crippen molar-refractivity contribution in [2.75, 3.05) is 33.8 Å². The molecule has 0 fully saturated rings. The summed E-state index contributed by atoms with van der Waals surface area (Å²) >= 11 is 0. The maximum atomic E-state index is 11.7. The zero-order chi connectivity index (χ0) is 17.4. The van der Waals surface area contributed by atoms with E-state index in [0.29, 0.717) is 25.6 Å². The lowest BCUT2D eigenvalue weighted by molar-refractivity contribution is -0.128. The van der Waals surface area contributed by atoms with Crippen molar-refractivity contribution in [1.29, 1.82) is 0 Å². The molecule has 7 heteroatoms. The number of methoxy groups -OCH3 is 1. The van der Waals surface area contributed by atoms with Crippen LogP contribution in [0.3, 0.4) is 0 Å². The number of amides is 1. The van der Waals surface area contributed by atoms with Crippen LogP contribution in [0.2, 0.25) is 0 Å². The highest BCUT2D eigenvalue weighted by Gasteiger charge is 2.24. The molecule has 0 aliphatic carbocycles. The van der Waals surface area contributed by atoms with E-state index < -0.39 is 0 Å². The molecule has 23 heavy (non-hydrogen) atoms. The number of aliphatic imine (C=N–C) groups is 1. The Labute approximate surface area is 158 Å². The van der Waals surface area contributed by atoms with Crippen LogP contribution in [0.1, 0.15) is 41.5 Å². The van der Waals surface area contributed by atoms with E-state index in [1.165, 1.54) is 0 Å². The monoisotopic (exact) mass is 442 g/mol. The van der Waals surface area contributed by atoms with Gasteiger partial charge in [0.1, 0.15) is 0 Å². The van der Waals surface area contributed by atoms with Crippen molar-refractivity contribution in [1.82, 2.24) is 16.0 Å². The Hall–Kier alpha value is -0.570. The standard InChI is InChI=1S/C16H34N4O2.HI/c1-15(2,3)12(22-8)11-20-14(17-7)19-10-9-18-13(21)16(4,5)6;/h12H,9-11H2,1-8H3,(H,18,21)(H2,17,19,20);1H. The molecule has 1 amide bonds. The van der Waals surface area contributed by atoms with Crippen LogP contribution in [0.4, 0.5) is 0 Å². The molecule has 0 saturated carbocycles. The second kappa shape index (κ2) is 11.1. The topological polar surface area (TPSA) is 74.8 Å². The van der Waals surface area contributed by atoms with Gasteiger partial charge in [-0.2, -0.15) is 0 Å². The average Bonchev–Trinajstić information content (AvgIpc) is 2.38. The van der Waals surface area contributed by atoms with Gasteiger partial charge >= 0.3 is 0 Å². The fourth-order valence-corrected chi connectivity index (χ4v) is 1.78. The molecule has 0 aromatic carbocycles. The van der Waals surface area contributed by atoms with Gasteiger partial charge in [0.15, 0.2) is 5.96 Å². The van der Waals surface area contributed by atoms with Crippen molar-refractivity contribution in [3.05, 3.63) is 0 Å².